The van der Waals surface area contributed by atoms with E-state index in [4.69, 9.17) is 4.42 Å². The van der Waals surface area contributed by atoms with Crippen LogP contribution in [0.5, 0.6) is 0 Å². The van der Waals surface area contributed by atoms with Crippen LogP contribution in [0.15, 0.2) is 52.7 Å². The minimum absolute atomic E-state index is 0.302. The van der Waals surface area contributed by atoms with Crippen molar-refractivity contribution in [3.63, 3.8) is 0 Å². The van der Waals surface area contributed by atoms with Crippen molar-refractivity contribution in [3.8, 4) is 10.6 Å². The molecule has 120 valence electrons. The summed E-state index contributed by atoms with van der Waals surface area (Å²) in [7, 11) is 1.92. The van der Waals surface area contributed by atoms with E-state index in [1.807, 2.05) is 23.4 Å². The zero-order valence-corrected chi connectivity index (χ0v) is 13.5. The number of furan rings is 1. The molecule has 0 unspecified atom stereocenters. The lowest BCUT2D eigenvalue weighted by Crippen LogP contribution is -2.24. The molecule has 0 aliphatic rings. The van der Waals surface area contributed by atoms with Gasteiger partial charge in [-0.2, -0.15) is 0 Å². The van der Waals surface area contributed by atoms with E-state index in [9.17, 15) is 9.50 Å². The molecule has 0 bridgehead atoms. The highest BCUT2D eigenvalue weighted by atomic mass is 32.1. The van der Waals surface area contributed by atoms with E-state index in [-0.39, 0.29) is 5.82 Å². The Morgan fingerprint density at radius 1 is 1.30 bits per heavy atom. The van der Waals surface area contributed by atoms with Gasteiger partial charge in [-0.05, 0) is 30.8 Å². The van der Waals surface area contributed by atoms with E-state index in [1.165, 1.54) is 12.1 Å². The Hall–Kier alpha value is -2.02. The number of thiazole rings is 1. The van der Waals surface area contributed by atoms with Gasteiger partial charge >= 0.3 is 0 Å². The van der Waals surface area contributed by atoms with Crippen molar-refractivity contribution < 1.29 is 13.9 Å². The van der Waals surface area contributed by atoms with Crippen LogP contribution in [0, 0.1) is 5.82 Å². The first-order valence-electron chi connectivity index (χ1n) is 7.21. The van der Waals surface area contributed by atoms with E-state index in [0.717, 1.165) is 16.3 Å². The Morgan fingerprint density at radius 2 is 2.09 bits per heavy atom. The third-order valence-corrected chi connectivity index (χ3v) is 4.43. The fraction of sp³-hybridized carbons (Fsp3) is 0.235. The largest absolute Gasteiger partial charge is 0.472 e. The number of benzene rings is 1. The van der Waals surface area contributed by atoms with Crippen LogP contribution in [-0.4, -0.2) is 28.6 Å². The van der Waals surface area contributed by atoms with E-state index >= 15 is 0 Å². The van der Waals surface area contributed by atoms with Crippen molar-refractivity contribution in [1.82, 2.24) is 9.88 Å². The molecule has 0 saturated carbocycles. The number of aromatic nitrogens is 1. The molecule has 2 aromatic heterocycles. The van der Waals surface area contributed by atoms with Gasteiger partial charge in [0.15, 0.2) is 0 Å². The first-order chi connectivity index (χ1) is 11.1. The van der Waals surface area contributed by atoms with Gasteiger partial charge in [0.05, 0.1) is 18.1 Å². The normalized spacial score (nSPS) is 12.7. The minimum Gasteiger partial charge on any atom is -0.472 e. The number of hydrogen-bond donors (Lipinski definition) is 1. The van der Waals surface area contributed by atoms with Crippen LogP contribution < -0.4 is 0 Å². The predicted octanol–water partition coefficient (Wildman–Crippen LogP) is 3.71. The summed E-state index contributed by atoms with van der Waals surface area (Å²) in [6, 6.07) is 7.80. The van der Waals surface area contributed by atoms with Gasteiger partial charge in [-0.1, -0.05) is 12.1 Å². The second kappa shape index (κ2) is 7.04. The predicted molar refractivity (Wildman–Crippen MR) is 87.5 cm³/mol. The first kappa shape index (κ1) is 15.9. The van der Waals surface area contributed by atoms with Gasteiger partial charge in [0.2, 0.25) is 0 Å². The molecule has 6 heteroatoms. The van der Waals surface area contributed by atoms with Gasteiger partial charge < -0.3 is 9.52 Å². The molecule has 0 radical (unpaired) electrons. The Morgan fingerprint density at radius 3 is 2.78 bits per heavy atom. The lowest BCUT2D eigenvalue weighted by molar-refractivity contribution is 0.123. The number of hydrogen-bond acceptors (Lipinski definition) is 5. The third-order valence-electron chi connectivity index (χ3n) is 3.49. The molecule has 2 heterocycles. The number of aliphatic hydroxyl groups is 1. The number of rotatable bonds is 6. The smallest absolute Gasteiger partial charge is 0.126 e. The Bertz CT molecular complexity index is 740. The molecule has 1 aromatic carbocycles. The fourth-order valence-corrected chi connectivity index (χ4v) is 3.12. The lowest BCUT2D eigenvalue weighted by Gasteiger charge is -2.19. The first-order valence-corrected chi connectivity index (χ1v) is 8.09. The highest BCUT2D eigenvalue weighted by Gasteiger charge is 2.13. The number of halogens is 1. The molecular weight excluding hydrogens is 315 g/mol. The molecule has 0 spiro atoms. The summed E-state index contributed by atoms with van der Waals surface area (Å²) in [5, 5.41) is 13.1. The Labute approximate surface area is 137 Å². The van der Waals surface area contributed by atoms with E-state index in [2.05, 4.69) is 4.98 Å². The van der Waals surface area contributed by atoms with Crippen molar-refractivity contribution in [3.05, 3.63) is 65.3 Å². The van der Waals surface area contributed by atoms with Crippen LogP contribution >= 0.6 is 11.3 Å². The molecule has 23 heavy (non-hydrogen) atoms. The number of nitrogens with zero attached hydrogens (tertiary/aromatic N) is 2. The molecule has 0 saturated heterocycles. The molecule has 0 aliphatic carbocycles. The molecule has 3 aromatic rings. The van der Waals surface area contributed by atoms with Crippen molar-refractivity contribution >= 4 is 11.3 Å². The van der Waals surface area contributed by atoms with Gasteiger partial charge in [0, 0.05) is 24.0 Å². The summed E-state index contributed by atoms with van der Waals surface area (Å²) >= 11 is 1.56. The van der Waals surface area contributed by atoms with Crippen LogP contribution in [0.25, 0.3) is 10.6 Å². The summed E-state index contributed by atoms with van der Waals surface area (Å²) in [6.45, 7) is 1.08. The summed E-state index contributed by atoms with van der Waals surface area (Å²) in [6.07, 6.45) is 2.64. The van der Waals surface area contributed by atoms with Crippen LogP contribution in [-0.2, 0) is 6.54 Å². The molecule has 1 atom stereocenters. The minimum atomic E-state index is -0.660. The molecule has 1 N–H and O–H groups in total. The molecular formula is C17H17FN2O2S. The average Bonchev–Trinajstić information content (AvgIpc) is 3.18. The summed E-state index contributed by atoms with van der Waals surface area (Å²) in [4.78, 5) is 6.56. The highest BCUT2D eigenvalue weighted by Crippen LogP contribution is 2.24. The zero-order chi connectivity index (χ0) is 16.2. The lowest BCUT2D eigenvalue weighted by atomic mass is 10.1. The summed E-state index contributed by atoms with van der Waals surface area (Å²) < 4.78 is 18.0. The standard InChI is InChI=1S/C17H17FN2O2S/c1-20(9-16(21)12-2-4-14(18)5-3-12)8-15-11-23-17(19-15)13-6-7-22-10-13/h2-7,10-11,16,21H,8-9H2,1H3/t16-/m1/s1. The van der Waals surface area contributed by atoms with Crippen molar-refractivity contribution in [2.45, 2.75) is 12.6 Å². The van der Waals surface area contributed by atoms with Crippen LogP contribution in [0.2, 0.25) is 0 Å². The maximum absolute atomic E-state index is 12.9. The van der Waals surface area contributed by atoms with E-state index in [0.29, 0.717) is 18.7 Å². The molecule has 0 aliphatic heterocycles. The monoisotopic (exact) mass is 332 g/mol. The molecule has 3 rings (SSSR count). The maximum atomic E-state index is 12.9. The van der Waals surface area contributed by atoms with Gasteiger partial charge in [0.1, 0.15) is 17.1 Å². The zero-order valence-electron chi connectivity index (χ0n) is 12.6. The van der Waals surface area contributed by atoms with Crippen LogP contribution in [0.1, 0.15) is 17.4 Å². The fourth-order valence-electron chi connectivity index (χ4n) is 2.32. The van der Waals surface area contributed by atoms with Gasteiger partial charge in [0.25, 0.3) is 0 Å². The average molecular weight is 332 g/mol. The van der Waals surface area contributed by atoms with Crippen molar-refractivity contribution in [2.24, 2.45) is 0 Å². The quantitative estimate of drug-likeness (QED) is 0.748. The maximum Gasteiger partial charge on any atom is 0.126 e. The van der Waals surface area contributed by atoms with Crippen molar-refractivity contribution in [1.29, 1.82) is 0 Å². The van der Waals surface area contributed by atoms with Crippen molar-refractivity contribution in [2.75, 3.05) is 13.6 Å². The van der Waals surface area contributed by atoms with Crippen LogP contribution in [0.4, 0.5) is 4.39 Å². The molecule has 0 fully saturated rings. The van der Waals surface area contributed by atoms with E-state index < -0.39 is 6.10 Å². The summed E-state index contributed by atoms with van der Waals surface area (Å²) in [5.74, 6) is -0.302. The Kier molecular flexibility index (Phi) is 4.85. The summed E-state index contributed by atoms with van der Waals surface area (Å²) in [5.41, 5.74) is 2.62. The number of likely N-dealkylation sites (N-methyl/N-ethyl adjacent to an activating group) is 1. The SMILES string of the molecule is CN(Cc1csc(-c2ccoc2)n1)C[C@@H](O)c1ccc(F)cc1. The highest BCUT2D eigenvalue weighted by molar-refractivity contribution is 7.13. The van der Waals surface area contributed by atoms with Gasteiger partial charge in [-0.25, -0.2) is 9.37 Å². The molecule has 0 amide bonds. The van der Waals surface area contributed by atoms with Gasteiger partial charge in [-0.3, -0.25) is 4.90 Å². The topological polar surface area (TPSA) is 49.5 Å². The number of aliphatic hydroxyl groups excluding tert-OH is 1. The third kappa shape index (κ3) is 4.04. The Balaban J connectivity index is 1.58. The second-order valence-corrected chi connectivity index (χ2v) is 6.28. The van der Waals surface area contributed by atoms with E-state index in [1.54, 1.807) is 36.0 Å². The second-order valence-electron chi connectivity index (χ2n) is 5.42. The van der Waals surface area contributed by atoms with Gasteiger partial charge in [-0.15, -0.1) is 11.3 Å². The molecule has 4 nitrogen and oxygen atoms in total. The van der Waals surface area contributed by atoms with Crippen LogP contribution in [0.3, 0.4) is 0 Å².